The summed E-state index contributed by atoms with van der Waals surface area (Å²) in [7, 11) is 0. The number of rotatable bonds is 3. The Morgan fingerprint density at radius 2 is 2.11 bits per heavy atom. The summed E-state index contributed by atoms with van der Waals surface area (Å²) in [4.78, 5) is 14.8. The molecule has 1 fully saturated rings. The van der Waals surface area contributed by atoms with Gasteiger partial charge in [-0.2, -0.15) is 0 Å². The van der Waals surface area contributed by atoms with Crippen molar-refractivity contribution >= 4 is 18.5 Å². The monoisotopic (exact) mass is 267 g/mol. The Bertz CT molecular complexity index is 443. The first-order chi connectivity index (χ1) is 8.63. The SMILES string of the molecule is CCN(C(=O)c1cc(S)ccc1F)C1CCCC1. The first-order valence-electron chi connectivity index (χ1n) is 6.43. The third-order valence-electron chi connectivity index (χ3n) is 3.55. The van der Waals surface area contributed by atoms with Gasteiger partial charge >= 0.3 is 0 Å². The molecule has 0 spiro atoms. The van der Waals surface area contributed by atoms with Crippen molar-refractivity contribution in [3.05, 3.63) is 29.6 Å². The van der Waals surface area contributed by atoms with Crippen LogP contribution in [-0.2, 0) is 0 Å². The Hall–Kier alpha value is -1.03. The fourth-order valence-electron chi connectivity index (χ4n) is 2.62. The number of thiol groups is 1. The van der Waals surface area contributed by atoms with E-state index in [9.17, 15) is 9.18 Å². The van der Waals surface area contributed by atoms with Gasteiger partial charge in [0.2, 0.25) is 0 Å². The smallest absolute Gasteiger partial charge is 0.257 e. The van der Waals surface area contributed by atoms with Gasteiger partial charge < -0.3 is 4.90 Å². The van der Waals surface area contributed by atoms with Gasteiger partial charge in [0.15, 0.2) is 0 Å². The molecular weight excluding hydrogens is 249 g/mol. The summed E-state index contributed by atoms with van der Waals surface area (Å²) in [5.41, 5.74) is 0.135. The molecule has 1 saturated carbocycles. The second kappa shape index (κ2) is 5.74. The van der Waals surface area contributed by atoms with Crippen LogP contribution in [-0.4, -0.2) is 23.4 Å². The number of amides is 1. The molecule has 1 aromatic carbocycles. The number of carbonyl (C=O) groups excluding carboxylic acids is 1. The van der Waals surface area contributed by atoms with Crippen LogP contribution < -0.4 is 0 Å². The molecule has 98 valence electrons. The lowest BCUT2D eigenvalue weighted by molar-refractivity contribution is 0.0688. The van der Waals surface area contributed by atoms with Gasteiger partial charge in [0.25, 0.3) is 5.91 Å². The second-order valence-electron chi connectivity index (χ2n) is 4.69. The molecule has 4 heteroatoms. The van der Waals surface area contributed by atoms with Crippen LogP contribution in [0.15, 0.2) is 23.1 Å². The highest BCUT2D eigenvalue weighted by molar-refractivity contribution is 7.80. The molecule has 0 N–H and O–H groups in total. The Morgan fingerprint density at radius 1 is 1.44 bits per heavy atom. The molecule has 1 aromatic rings. The van der Waals surface area contributed by atoms with Gasteiger partial charge in [0, 0.05) is 17.5 Å². The fourth-order valence-corrected chi connectivity index (χ4v) is 2.82. The van der Waals surface area contributed by atoms with E-state index in [0.29, 0.717) is 11.4 Å². The van der Waals surface area contributed by atoms with Gasteiger partial charge in [0.1, 0.15) is 5.82 Å². The number of hydrogen-bond acceptors (Lipinski definition) is 2. The Balaban J connectivity index is 2.25. The molecule has 0 heterocycles. The van der Waals surface area contributed by atoms with E-state index >= 15 is 0 Å². The Labute approximate surface area is 113 Å². The van der Waals surface area contributed by atoms with E-state index in [0.717, 1.165) is 25.7 Å². The van der Waals surface area contributed by atoms with Crippen LogP contribution >= 0.6 is 12.6 Å². The highest BCUT2D eigenvalue weighted by Crippen LogP contribution is 2.25. The lowest BCUT2D eigenvalue weighted by Crippen LogP contribution is -2.39. The van der Waals surface area contributed by atoms with Gasteiger partial charge in [-0.05, 0) is 38.0 Å². The van der Waals surface area contributed by atoms with Crippen LogP contribution in [0.3, 0.4) is 0 Å². The third-order valence-corrected chi connectivity index (χ3v) is 3.83. The van der Waals surface area contributed by atoms with Crippen molar-refractivity contribution < 1.29 is 9.18 Å². The van der Waals surface area contributed by atoms with Crippen molar-refractivity contribution in [2.75, 3.05) is 6.54 Å². The van der Waals surface area contributed by atoms with Gasteiger partial charge in [-0.1, -0.05) is 12.8 Å². The summed E-state index contributed by atoms with van der Waals surface area (Å²) < 4.78 is 13.7. The standard InChI is InChI=1S/C14H18FNOS/c1-2-16(10-5-3-4-6-10)14(17)12-9-11(18)7-8-13(12)15/h7-10,18H,2-6H2,1H3. The quantitative estimate of drug-likeness (QED) is 0.831. The molecule has 18 heavy (non-hydrogen) atoms. The zero-order valence-corrected chi connectivity index (χ0v) is 11.4. The second-order valence-corrected chi connectivity index (χ2v) is 5.21. The molecular formula is C14H18FNOS. The minimum absolute atomic E-state index is 0.135. The molecule has 0 aromatic heterocycles. The summed E-state index contributed by atoms with van der Waals surface area (Å²) in [5.74, 6) is -0.674. The molecule has 2 nitrogen and oxygen atoms in total. The van der Waals surface area contributed by atoms with Gasteiger partial charge in [-0.3, -0.25) is 4.79 Å². The molecule has 1 aliphatic carbocycles. The van der Waals surface area contributed by atoms with Crippen molar-refractivity contribution in [2.45, 2.75) is 43.5 Å². The molecule has 0 bridgehead atoms. The van der Waals surface area contributed by atoms with Crippen LogP contribution in [0.5, 0.6) is 0 Å². The molecule has 1 amide bonds. The van der Waals surface area contributed by atoms with Gasteiger partial charge in [0.05, 0.1) is 5.56 Å². The first kappa shape index (κ1) is 13.4. The van der Waals surface area contributed by atoms with Crippen molar-refractivity contribution in [2.24, 2.45) is 0 Å². The fraction of sp³-hybridized carbons (Fsp3) is 0.500. The van der Waals surface area contributed by atoms with Crippen LogP contribution in [0.25, 0.3) is 0 Å². The van der Waals surface area contributed by atoms with E-state index in [1.807, 2.05) is 6.92 Å². The maximum Gasteiger partial charge on any atom is 0.257 e. The number of hydrogen-bond donors (Lipinski definition) is 1. The summed E-state index contributed by atoms with van der Waals surface area (Å²) in [6, 6.07) is 4.64. The van der Waals surface area contributed by atoms with Gasteiger partial charge in [-0.25, -0.2) is 4.39 Å². The highest BCUT2D eigenvalue weighted by Gasteiger charge is 2.27. The predicted molar refractivity (Wildman–Crippen MR) is 72.6 cm³/mol. The van der Waals surface area contributed by atoms with E-state index in [1.165, 1.54) is 12.1 Å². The summed E-state index contributed by atoms with van der Waals surface area (Å²) in [5, 5.41) is 0. The van der Waals surface area contributed by atoms with E-state index in [-0.39, 0.29) is 17.5 Å². The van der Waals surface area contributed by atoms with E-state index < -0.39 is 5.82 Å². The summed E-state index contributed by atoms with van der Waals surface area (Å²) >= 11 is 4.17. The average molecular weight is 267 g/mol. The third kappa shape index (κ3) is 2.69. The molecule has 2 rings (SSSR count). The summed E-state index contributed by atoms with van der Waals surface area (Å²) in [6.45, 7) is 2.57. The normalized spacial score (nSPS) is 15.9. The van der Waals surface area contributed by atoms with Crippen LogP contribution in [0.4, 0.5) is 4.39 Å². The molecule has 1 aliphatic rings. The Morgan fingerprint density at radius 3 is 2.72 bits per heavy atom. The largest absolute Gasteiger partial charge is 0.336 e. The van der Waals surface area contributed by atoms with Crippen LogP contribution in [0.1, 0.15) is 43.0 Å². The van der Waals surface area contributed by atoms with Crippen LogP contribution in [0, 0.1) is 5.82 Å². The Kier molecular flexibility index (Phi) is 4.27. The summed E-state index contributed by atoms with van der Waals surface area (Å²) in [6.07, 6.45) is 4.37. The lowest BCUT2D eigenvalue weighted by atomic mass is 10.1. The van der Waals surface area contributed by atoms with Gasteiger partial charge in [-0.15, -0.1) is 12.6 Å². The zero-order valence-electron chi connectivity index (χ0n) is 10.5. The minimum atomic E-state index is -0.464. The van der Waals surface area contributed by atoms with E-state index in [2.05, 4.69) is 12.6 Å². The number of benzene rings is 1. The number of nitrogens with zero attached hydrogens (tertiary/aromatic N) is 1. The average Bonchev–Trinajstić information content (AvgIpc) is 2.87. The van der Waals surface area contributed by atoms with Crippen molar-refractivity contribution in [3.63, 3.8) is 0 Å². The lowest BCUT2D eigenvalue weighted by Gasteiger charge is -2.28. The maximum atomic E-state index is 13.7. The van der Waals surface area contributed by atoms with E-state index in [1.54, 1.807) is 11.0 Å². The highest BCUT2D eigenvalue weighted by atomic mass is 32.1. The minimum Gasteiger partial charge on any atom is -0.336 e. The first-order valence-corrected chi connectivity index (χ1v) is 6.87. The van der Waals surface area contributed by atoms with E-state index in [4.69, 9.17) is 0 Å². The topological polar surface area (TPSA) is 20.3 Å². The molecule has 0 unspecified atom stereocenters. The number of halogens is 1. The zero-order chi connectivity index (χ0) is 13.1. The van der Waals surface area contributed by atoms with Crippen molar-refractivity contribution in [3.8, 4) is 0 Å². The molecule has 0 aliphatic heterocycles. The predicted octanol–water partition coefficient (Wildman–Crippen LogP) is 3.52. The maximum absolute atomic E-state index is 13.7. The molecule has 0 atom stereocenters. The van der Waals surface area contributed by atoms with Crippen molar-refractivity contribution in [1.82, 2.24) is 4.90 Å². The molecule has 0 radical (unpaired) electrons. The van der Waals surface area contributed by atoms with Crippen molar-refractivity contribution in [1.29, 1.82) is 0 Å². The van der Waals surface area contributed by atoms with Crippen LogP contribution in [0.2, 0.25) is 0 Å². The number of carbonyl (C=O) groups is 1. The molecule has 0 saturated heterocycles.